The number of hydrogen-bond donors (Lipinski definition) is 0. The van der Waals surface area contributed by atoms with Gasteiger partial charge in [-0.25, -0.2) is 4.98 Å². The van der Waals surface area contributed by atoms with Gasteiger partial charge < -0.3 is 14.4 Å². The van der Waals surface area contributed by atoms with Gasteiger partial charge in [0.05, 0.1) is 0 Å². The minimum Gasteiger partial charge on any atom is -0.473 e. The van der Waals surface area contributed by atoms with E-state index in [0.717, 1.165) is 30.8 Å². The molecule has 0 radical (unpaired) electrons. The molecule has 2 saturated heterocycles. The van der Waals surface area contributed by atoms with E-state index in [2.05, 4.69) is 15.2 Å². The summed E-state index contributed by atoms with van der Waals surface area (Å²) in [6.45, 7) is 1.31. The highest BCUT2D eigenvalue weighted by Gasteiger charge is 2.26. The highest BCUT2D eigenvalue weighted by atomic mass is 32.2. The number of rotatable bonds is 5. The summed E-state index contributed by atoms with van der Waals surface area (Å²) in [6, 6.07) is 7.11. The van der Waals surface area contributed by atoms with Crippen LogP contribution in [-0.4, -0.2) is 62.8 Å². The lowest BCUT2D eigenvalue weighted by atomic mass is 10.1. The van der Waals surface area contributed by atoms with E-state index in [0.29, 0.717) is 30.4 Å². The van der Waals surface area contributed by atoms with E-state index >= 15 is 0 Å². The molecular weight excluding hydrogens is 364 g/mol. The molecule has 0 saturated carbocycles. The van der Waals surface area contributed by atoms with Gasteiger partial charge in [0.15, 0.2) is 0 Å². The lowest BCUT2D eigenvalue weighted by molar-refractivity contribution is 0.0585. The fourth-order valence-corrected chi connectivity index (χ4v) is 4.36. The Morgan fingerprint density at radius 3 is 2.67 bits per heavy atom. The number of likely N-dealkylation sites (tertiary alicyclic amines) is 1. The first-order valence-corrected chi connectivity index (χ1v) is 10.4. The summed E-state index contributed by atoms with van der Waals surface area (Å²) in [5.41, 5.74) is 0.624. The molecule has 0 aromatic carbocycles. The van der Waals surface area contributed by atoms with Gasteiger partial charge in [-0.1, -0.05) is 0 Å². The molecule has 27 heavy (non-hydrogen) atoms. The zero-order chi connectivity index (χ0) is 18.5. The number of hydrogen-bond acceptors (Lipinski definition) is 7. The van der Waals surface area contributed by atoms with Gasteiger partial charge in [0.25, 0.3) is 5.91 Å². The fourth-order valence-electron chi connectivity index (χ4n) is 3.26. The van der Waals surface area contributed by atoms with Crippen LogP contribution in [0.5, 0.6) is 11.8 Å². The van der Waals surface area contributed by atoms with Crippen molar-refractivity contribution in [3.63, 3.8) is 0 Å². The lowest BCUT2D eigenvalue weighted by Gasteiger charge is -2.32. The number of pyridine rings is 1. The highest BCUT2D eigenvalue weighted by molar-refractivity contribution is 7.99. The third kappa shape index (κ3) is 4.68. The first-order valence-electron chi connectivity index (χ1n) is 9.22. The molecule has 2 aromatic rings. The van der Waals surface area contributed by atoms with Crippen molar-refractivity contribution in [2.75, 3.05) is 24.6 Å². The maximum absolute atomic E-state index is 12.8. The second-order valence-corrected chi connectivity index (χ2v) is 7.81. The summed E-state index contributed by atoms with van der Waals surface area (Å²) in [5.74, 6) is 3.19. The Bertz CT molecular complexity index is 763. The van der Waals surface area contributed by atoms with Crippen molar-refractivity contribution in [2.45, 2.75) is 31.5 Å². The molecule has 8 heteroatoms. The van der Waals surface area contributed by atoms with Gasteiger partial charge in [0.1, 0.15) is 12.2 Å². The van der Waals surface area contributed by atoms with E-state index in [1.165, 1.54) is 0 Å². The Balaban J connectivity index is 1.32. The van der Waals surface area contributed by atoms with Gasteiger partial charge in [-0.15, -0.1) is 5.10 Å². The summed E-state index contributed by atoms with van der Waals surface area (Å²) in [5, 5.41) is 7.77. The Labute approximate surface area is 162 Å². The van der Waals surface area contributed by atoms with E-state index in [4.69, 9.17) is 9.47 Å². The summed E-state index contributed by atoms with van der Waals surface area (Å²) in [4.78, 5) is 18.9. The summed E-state index contributed by atoms with van der Waals surface area (Å²) >= 11 is 1.89. The van der Waals surface area contributed by atoms with Gasteiger partial charge >= 0.3 is 0 Å². The van der Waals surface area contributed by atoms with Crippen molar-refractivity contribution < 1.29 is 14.3 Å². The van der Waals surface area contributed by atoms with Crippen LogP contribution in [0.2, 0.25) is 0 Å². The van der Waals surface area contributed by atoms with Gasteiger partial charge in [-0.2, -0.15) is 16.9 Å². The Kier molecular flexibility index (Phi) is 5.72. The molecule has 142 valence electrons. The molecule has 1 unspecified atom stereocenters. The van der Waals surface area contributed by atoms with Crippen LogP contribution in [-0.2, 0) is 0 Å². The minimum atomic E-state index is 0.0148. The van der Waals surface area contributed by atoms with Crippen molar-refractivity contribution in [1.29, 1.82) is 0 Å². The maximum atomic E-state index is 12.8. The largest absolute Gasteiger partial charge is 0.473 e. The molecular formula is C19H22N4O3S. The van der Waals surface area contributed by atoms with Crippen molar-refractivity contribution in [1.82, 2.24) is 20.1 Å². The van der Waals surface area contributed by atoms with Crippen molar-refractivity contribution in [3.05, 3.63) is 42.2 Å². The fraction of sp³-hybridized carbons (Fsp3) is 0.474. The highest BCUT2D eigenvalue weighted by Crippen LogP contribution is 2.23. The summed E-state index contributed by atoms with van der Waals surface area (Å²) < 4.78 is 11.7. The van der Waals surface area contributed by atoms with E-state index in [1.807, 2.05) is 16.7 Å². The van der Waals surface area contributed by atoms with E-state index in [-0.39, 0.29) is 18.1 Å². The predicted molar refractivity (Wildman–Crippen MR) is 102 cm³/mol. The minimum absolute atomic E-state index is 0.0148. The lowest BCUT2D eigenvalue weighted by Crippen LogP contribution is -2.41. The molecule has 7 nitrogen and oxygen atoms in total. The number of aromatic nitrogens is 3. The van der Waals surface area contributed by atoms with Crippen LogP contribution in [0.15, 0.2) is 36.7 Å². The number of amides is 1. The number of thioether (sulfide) groups is 1. The van der Waals surface area contributed by atoms with Crippen LogP contribution in [0, 0.1) is 0 Å². The number of carbonyl (C=O) groups is 1. The molecule has 0 aliphatic carbocycles. The van der Waals surface area contributed by atoms with Gasteiger partial charge in [0.2, 0.25) is 11.8 Å². The van der Waals surface area contributed by atoms with Crippen LogP contribution in [0.1, 0.15) is 29.6 Å². The summed E-state index contributed by atoms with van der Waals surface area (Å²) in [6.07, 6.45) is 6.10. The number of piperidine rings is 1. The van der Waals surface area contributed by atoms with Crippen LogP contribution in [0.25, 0.3) is 0 Å². The molecule has 0 spiro atoms. The Morgan fingerprint density at radius 2 is 1.93 bits per heavy atom. The first-order chi connectivity index (χ1) is 13.3. The third-order valence-electron chi connectivity index (χ3n) is 4.72. The van der Waals surface area contributed by atoms with Crippen molar-refractivity contribution in [3.8, 4) is 11.8 Å². The van der Waals surface area contributed by atoms with Crippen molar-refractivity contribution >= 4 is 17.7 Å². The normalized spacial score (nSPS) is 20.4. The number of carbonyl (C=O) groups excluding carboxylic acids is 1. The van der Waals surface area contributed by atoms with E-state index in [1.54, 1.807) is 36.7 Å². The zero-order valence-corrected chi connectivity index (χ0v) is 15.8. The SMILES string of the molecule is O=C(c1ccnc(OC2CCSC2)c1)N1CCC(Oc2cccnn2)CC1. The van der Waals surface area contributed by atoms with Crippen molar-refractivity contribution in [2.24, 2.45) is 0 Å². The molecule has 2 aliphatic heterocycles. The molecule has 2 fully saturated rings. The standard InChI is InChI=1S/C19H22N4O3S/c24-19(14-3-8-20-18(12-14)26-16-6-11-27-13-16)23-9-4-15(5-10-23)25-17-2-1-7-21-22-17/h1-3,7-8,12,15-16H,4-6,9-11,13H2. The molecule has 0 bridgehead atoms. The molecule has 4 rings (SSSR count). The monoisotopic (exact) mass is 386 g/mol. The Hall–Kier alpha value is -2.35. The van der Waals surface area contributed by atoms with Crippen LogP contribution >= 0.6 is 11.8 Å². The predicted octanol–water partition coefficient (Wildman–Crippen LogP) is 2.44. The van der Waals surface area contributed by atoms with Crippen LogP contribution < -0.4 is 9.47 Å². The first kappa shape index (κ1) is 18.0. The smallest absolute Gasteiger partial charge is 0.254 e. The molecule has 2 aromatic heterocycles. The molecule has 0 N–H and O–H groups in total. The third-order valence-corrected chi connectivity index (χ3v) is 5.85. The van der Waals surface area contributed by atoms with Gasteiger partial charge in [-0.05, 0) is 24.3 Å². The van der Waals surface area contributed by atoms with Gasteiger partial charge in [-0.3, -0.25) is 4.79 Å². The van der Waals surface area contributed by atoms with Crippen LogP contribution in [0.4, 0.5) is 0 Å². The summed E-state index contributed by atoms with van der Waals surface area (Å²) in [7, 11) is 0. The second kappa shape index (κ2) is 8.56. The quantitative estimate of drug-likeness (QED) is 0.781. The molecule has 1 atom stereocenters. The van der Waals surface area contributed by atoms with E-state index < -0.39 is 0 Å². The molecule has 2 aliphatic rings. The number of ether oxygens (including phenoxy) is 2. The zero-order valence-electron chi connectivity index (χ0n) is 15.0. The second-order valence-electron chi connectivity index (χ2n) is 6.66. The topological polar surface area (TPSA) is 77.4 Å². The Morgan fingerprint density at radius 1 is 1.07 bits per heavy atom. The van der Waals surface area contributed by atoms with E-state index in [9.17, 15) is 4.79 Å². The number of nitrogens with zero attached hydrogens (tertiary/aromatic N) is 4. The average Bonchev–Trinajstić information content (AvgIpc) is 3.22. The van der Waals surface area contributed by atoms with Gasteiger partial charge in [0, 0.05) is 61.8 Å². The van der Waals surface area contributed by atoms with Crippen LogP contribution in [0.3, 0.4) is 0 Å². The average molecular weight is 386 g/mol. The molecule has 4 heterocycles. The molecule has 1 amide bonds. The maximum Gasteiger partial charge on any atom is 0.254 e.